The van der Waals surface area contributed by atoms with Crippen molar-refractivity contribution >= 4 is 5.97 Å². The summed E-state index contributed by atoms with van der Waals surface area (Å²) in [6.07, 6.45) is 4.37. The molecule has 6 heteroatoms. The minimum absolute atomic E-state index is 0.160. The Morgan fingerprint density at radius 1 is 1.28 bits per heavy atom. The second-order valence-corrected chi connectivity index (χ2v) is 6.50. The van der Waals surface area contributed by atoms with Gasteiger partial charge in [-0.05, 0) is 26.7 Å². The number of carbonyl (C=O) groups excluding carboxylic acids is 1. The summed E-state index contributed by atoms with van der Waals surface area (Å²) < 4.78 is 27.7. The lowest BCUT2D eigenvalue weighted by Crippen LogP contribution is -2.38. The summed E-state index contributed by atoms with van der Waals surface area (Å²) in [6, 6.07) is 0. The summed E-state index contributed by atoms with van der Waals surface area (Å²) in [6.45, 7) is 13.4. The van der Waals surface area contributed by atoms with Crippen molar-refractivity contribution < 1.29 is 28.5 Å². The number of carbonyl (C=O) groups is 1. The van der Waals surface area contributed by atoms with Gasteiger partial charge in [0.15, 0.2) is 5.79 Å². The highest BCUT2D eigenvalue weighted by atomic mass is 16.8. The fourth-order valence-electron chi connectivity index (χ4n) is 2.77. The topological polar surface area (TPSA) is 63.2 Å². The third-order valence-electron chi connectivity index (χ3n) is 3.91. The van der Waals surface area contributed by atoms with E-state index >= 15 is 0 Å². The summed E-state index contributed by atoms with van der Waals surface area (Å²) >= 11 is 0. The molecule has 0 saturated carbocycles. The molecule has 1 aliphatic heterocycles. The van der Waals surface area contributed by atoms with Gasteiger partial charge >= 0.3 is 5.97 Å². The van der Waals surface area contributed by atoms with E-state index < -0.39 is 5.79 Å². The molecular weight excluding hydrogens is 324 g/mol. The lowest BCUT2D eigenvalue weighted by Gasteiger charge is -2.25. The van der Waals surface area contributed by atoms with E-state index in [9.17, 15) is 4.79 Å². The molecule has 0 spiro atoms. The zero-order valence-electron chi connectivity index (χ0n) is 15.9. The summed E-state index contributed by atoms with van der Waals surface area (Å²) in [5.74, 6) is -1.01. The van der Waals surface area contributed by atoms with Gasteiger partial charge in [0.2, 0.25) is 0 Å². The Morgan fingerprint density at radius 3 is 2.56 bits per heavy atom. The van der Waals surface area contributed by atoms with Crippen LogP contribution in [0.1, 0.15) is 46.5 Å². The number of esters is 1. The van der Waals surface area contributed by atoms with E-state index in [0.29, 0.717) is 12.8 Å². The second-order valence-electron chi connectivity index (χ2n) is 6.50. The van der Waals surface area contributed by atoms with Gasteiger partial charge in [-0.25, -0.2) is 0 Å². The van der Waals surface area contributed by atoms with Crippen molar-refractivity contribution in [3.63, 3.8) is 0 Å². The highest BCUT2D eigenvalue weighted by molar-refractivity contribution is 5.69. The Morgan fingerprint density at radius 2 is 2.00 bits per heavy atom. The molecule has 144 valence electrons. The van der Waals surface area contributed by atoms with E-state index in [4.69, 9.17) is 23.7 Å². The Kier molecular flexibility index (Phi) is 9.35. The zero-order valence-corrected chi connectivity index (χ0v) is 15.9. The lowest BCUT2D eigenvalue weighted by molar-refractivity contribution is -0.172. The van der Waals surface area contributed by atoms with Crippen molar-refractivity contribution in [2.45, 2.75) is 76.7 Å². The molecule has 0 aromatic rings. The Bertz CT molecular complexity index is 434. The van der Waals surface area contributed by atoms with Crippen molar-refractivity contribution in [3.05, 3.63) is 25.3 Å². The van der Waals surface area contributed by atoms with E-state index in [0.717, 1.165) is 6.42 Å². The molecule has 6 nitrogen and oxygen atoms in total. The van der Waals surface area contributed by atoms with Crippen LogP contribution in [0.4, 0.5) is 0 Å². The highest BCUT2D eigenvalue weighted by Gasteiger charge is 2.44. The second kappa shape index (κ2) is 10.7. The smallest absolute Gasteiger partial charge is 0.306 e. The maximum atomic E-state index is 12.3. The van der Waals surface area contributed by atoms with Crippen LogP contribution in [0.2, 0.25) is 0 Å². The average molecular weight is 356 g/mol. The van der Waals surface area contributed by atoms with Crippen LogP contribution in [-0.4, -0.2) is 50.1 Å². The van der Waals surface area contributed by atoms with E-state index in [1.807, 2.05) is 20.8 Å². The fourth-order valence-corrected chi connectivity index (χ4v) is 2.77. The largest absolute Gasteiger partial charge is 0.459 e. The average Bonchev–Trinajstić information content (AvgIpc) is 2.89. The van der Waals surface area contributed by atoms with Crippen molar-refractivity contribution in [2.75, 3.05) is 13.9 Å². The van der Waals surface area contributed by atoms with Gasteiger partial charge in [-0.3, -0.25) is 4.79 Å². The molecule has 0 bridgehead atoms. The van der Waals surface area contributed by atoms with Gasteiger partial charge < -0.3 is 23.7 Å². The highest BCUT2D eigenvalue weighted by Crippen LogP contribution is 2.33. The number of methoxy groups -OCH3 is 1. The van der Waals surface area contributed by atoms with Gasteiger partial charge in [-0.2, -0.15) is 0 Å². The molecule has 4 atom stereocenters. The number of hydrogen-bond acceptors (Lipinski definition) is 6. The number of rotatable bonds is 12. The van der Waals surface area contributed by atoms with Crippen LogP contribution in [0.5, 0.6) is 0 Å². The molecule has 1 aliphatic rings. The van der Waals surface area contributed by atoms with Crippen LogP contribution >= 0.6 is 0 Å². The molecule has 0 aromatic carbocycles. The van der Waals surface area contributed by atoms with Gasteiger partial charge in [0.05, 0.1) is 6.10 Å². The quantitative estimate of drug-likeness (QED) is 0.303. The Labute approximate surface area is 151 Å². The van der Waals surface area contributed by atoms with E-state index in [-0.39, 0.29) is 43.6 Å². The number of ether oxygens (including phenoxy) is 5. The van der Waals surface area contributed by atoms with Crippen LogP contribution in [-0.2, 0) is 28.5 Å². The van der Waals surface area contributed by atoms with Gasteiger partial charge in [0.1, 0.15) is 25.1 Å². The third-order valence-corrected chi connectivity index (χ3v) is 3.91. The number of hydrogen-bond donors (Lipinski definition) is 0. The minimum Gasteiger partial charge on any atom is -0.459 e. The molecule has 1 heterocycles. The van der Waals surface area contributed by atoms with Gasteiger partial charge in [-0.1, -0.05) is 25.5 Å². The summed E-state index contributed by atoms with van der Waals surface area (Å²) in [5.41, 5.74) is 0. The minimum atomic E-state index is -0.718. The monoisotopic (exact) mass is 356 g/mol. The maximum Gasteiger partial charge on any atom is 0.306 e. The molecular formula is C19H32O6. The molecule has 0 N–H and O–H groups in total. The summed E-state index contributed by atoms with van der Waals surface area (Å²) in [5, 5.41) is 0. The van der Waals surface area contributed by atoms with Crippen LogP contribution in [0, 0.1) is 0 Å². The molecule has 0 amide bonds. The van der Waals surface area contributed by atoms with Crippen molar-refractivity contribution in [2.24, 2.45) is 0 Å². The first-order valence-corrected chi connectivity index (χ1v) is 8.77. The SMILES string of the molecule is C=C[C@@H]1OC(C)(C)O[C@@H]1[C@@H](CCC)OC(=O)CC[C@H](C=C)OCOC. The normalized spacial score (nSPS) is 24.5. The summed E-state index contributed by atoms with van der Waals surface area (Å²) in [4.78, 5) is 12.3. The third kappa shape index (κ3) is 7.28. The maximum absolute atomic E-state index is 12.3. The summed E-state index contributed by atoms with van der Waals surface area (Å²) in [7, 11) is 1.55. The van der Waals surface area contributed by atoms with Crippen molar-refractivity contribution in [3.8, 4) is 0 Å². The first-order chi connectivity index (χ1) is 11.9. The van der Waals surface area contributed by atoms with Crippen LogP contribution in [0.3, 0.4) is 0 Å². The molecule has 0 aromatic heterocycles. The zero-order chi connectivity index (χ0) is 18.9. The predicted octanol–water partition coefficient (Wildman–Crippen LogP) is 3.36. The Hall–Kier alpha value is -1.21. The standard InChI is InChI=1S/C19H32O6/c1-7-10-16(18-15(9-3)24-19(4,5)25-18)23-17(20)12-11-14(8-2)22-13-21-6/h8-9,14-16,18H,2-3,7,10-13H2,1,4-6H3/t14-,15-,16+,18-/m0/s1. The van der Waals surface area contributed by atoms with Crippen LogP contribution < -0.4 is 0 Å². The van der Waals surface area contributed by atoms with Crippen molar-refractivity contribution in [1.29, 1.82) is 0 Å². The first-order valence-electron chi connectivity index (χ1n) is 8.77. The van der Waals surface area contributed by atoms with Gasteiger partial charge in [0, 0.05) is 13.5 Å². The Balaban J connectivity index is 2.60. The van der Waals surface area contributed by atoms with Crippen molar-refractivity contribution in [1.82, 2.24) is 0 Å². The van der Waals surface area contributed by atoms with Crippen LogP contribution in [0.25, 0.3) is 0 Å². The first kappa shape index (κ1) is 21.8. The predicted molar refractivity (Wildman–Crippen MR) is 95.0 cm³/mol. The molecule has 0 radical (unpaired) electrons. The molecule has 1 saturated heterocycles. The van der Waals surface area contributed by atoms with Gasteiger partial charge in [0.25, 0.3) is 0 Å². The molecule has 0 aliphatic carbocycles. The van der Waals surface area contributed by atoms with Gasteiger partial charge in [-0.15, -0.1) is 13.2 Å². The molecule has 1 fully saturated rings. The molecule has 1 rings (SSSR count). The van der Waals surface area contributed by atoms with Crippen LogP contribution in [0.15, 0.2) is 25.3 Å². The van der Waals surface area contributed by atoms with E-state index in [1.165, 1.54) is 0 Å². The van der Waals surface area contributed by atoms with E-state index in [1.54, 1.807) is 19.3 Å². The molecule has 25 heavy (non-hydrogen) atoms. The van der Waals surface area contributed by atoms with E-state index in [2.05, 4.69) is 13.2 Å². The molecule has 0 unspecified atom stereocenters. The lowest BCUT2D eigenvalue weighted by atomic mass is 10.0. The fraction of sp³-hybridized carbons (Fsp3) is 0.737.